The first-order chi connectivity index (χ1) is 11.6. The Labute approximate surface area is 138 Å². The second-order valence-electron chi connectivity index (χ2n) is 4.51. The quantitative estimate of drug-likeness (QED) is 0.488. The van der Waals surface area contributed by atoms with E-state index in [1.165, 1.54) is 20.4 Å². The zero-order valence-electron chi connectivity index (χ0n) is 13.1. The lowest BCUT2D eigenvalue weighted by Crippen LogP contribution is -2.32. The lowest BCUT2D eigenvalue weighted by atomic mass is 10.2. The van der Waals surface area contributed by atoms with Gasteiger partial charge in [-0.15, -0.1) is 0 Å². The molecule has 0 aliphatic carbocycles. The van der Waals surface area contributed by atoms with Crippen molar-refractivity contribution in [2.75, 3.05) is 19.5 Å². The van der Waals surface area contributed by atoms with Gasteiger partial charge >= 0.3 is 11.8 Å². The van der Waals surface area contributed by atoms with Gasteiger partial charge in [-0.25, -0.2) is 5.43 Å². The molecule has 0 aliphatic heterocycles. The van der Waals surface area contributed by atoms with Gasteiger partial charge in [0.15, 0.2) is 0 Å². The van der Waals surface area contributed by atoms with Crippen LogP contribution in [0.4, 0.5) is 5.69 Å². The number of hydrazone groups is 1. The van der Waals surface area contributed by atoms with Crippen LogP contribution in [0.15, 0.2) is 47.8 Å². The Balaban J connectivity index is 1.99. The third kappa shape index (κ3) is 4.54. The highest BCUT2D eigenvalue weighted by atomic mass is 16.5. The molecule has 0 radical (unpaired) electrons. The van der Waals surface area contributed by atoms with Crippen LogP contribution in [0, 0.1) is 0 Å². The molecule has 2 aromatic rings. The molecular formula is C16H16N4O4. The van der Waals surface area contributed by atoms with Crippen molar-refractivity contribution in [3.8, 4) is 11.5 Å². The minimum atomic E-state index is -0.917. The van der Waals surface area contributed by atoms with Crippen molar-refractivity contribution in [1.82, 2.24) is 10.4 Å². The Morgan fingerprint density at radius 3 is 2.67 bits per heavy atom. The van der Waals surface area contributed by atoms with E-state index < -0.39 is 11.8 Å². The number of hydrogen-bond acceptors (Lipinski definition) is 6. The number of nitrogens with one attached hydrogen (secondary N) is 2. The number of carbonyl (C=O) groups is 2. The van der Waals surface area contributed by atoms with Crippen LogP contribution in [0.2, 0.25) is 0 Å². The monoisotopic (exact) mass is 328 g/mol. The number of ether oxygens (including phenoxy) is 2. The molecule has 0 unspecified atom stereocenters. The number of benzene rings is 1. The molecule has 0 saturated heterocycles. The van der Waals surface area contributed by atoms with Crippen LogP contribution < -0.4 is 20.2 Å². The van der Waals surface area contributed by atoms with Crippen LogP contribution in [-0.2, 0) is 9.59 Å². The SMILES string of the molecule is COc1ccc(OC)c(NC(=O)C(=O)N/N=C/c2cccnc2)c1. The Kier molecular flexibility index (Phi) is 5.84. The van der Waals surface area contributed by atoms with E-state index in [4.69, 9.17) is 9.47 Å². The number of rotatable bonds is 5. The normalized spacial score (nSPS) is 10.2. The summed E-state index contributed by atoms with van der Waals surface area (Å²) < 4.78 is 10.2. The summed E-state index contributed by atoms with van der Waals surface area (Å²) in [6.45, 7) is 0. The maximum Gasteiger partial charge on any atom is 0.329 e. The van der Waals surface area contributed by atoms with Crippen LogP contribution in [0.5, 0.6) is 11.5 Å². The molecule has 8 nitrogen and oxygen atoms in total. The van der Waals surface area contributed by atoms with E-state index in [1.54, 1.807) is 42.7 Å². The summed E-state index contributed by atoms with van der Waals surface area (Å²) in [5.41, 5.74) is 3.14. The Bertz CT molecular complexity index is 747. The van der Waals surface area contributed by atoms with Crippen LogP contribution in [-0.4, -0.2) is 37.2 Å². The number of hydrogen-bond donors (Lipinski definition) is 2. The Hall–Kier alpha value is -3.42. The van der Waals surface area contributed by atoms with Crippen LogP contribution >= 0.6 is 0 Å². The summed E-state index contributed by atoms with van der Waals surface area (Å²) in [7, 11) is 2.95. The zero-order valence-corrected chi connectivity index (χ0v) is 13.1. The van der Waals surface area contributed by atoms with Crippen molar-refractivity contribution in [3.05, 3.63) is 48.3 Å². The summed E-state index contributed by atoms with van der Waals surface area (Å²) >= 11 is 0. The second-order valence-corrected chi connectivity index (χ2v) is 4.51. The average Bonchev–Trinajstić information content (AvgIpc) is 2.62. The van der Waals surface area contributed by atoms with Crippen molar-refractivity contribution in [2.24, 2.45) is 5.10 Å². The maximum absolute atomic E-state index is 11.9. The first kappa shape index (κ1) is 16.9. The van der Waals surface area contributed by atoms with Crippen molar-refractivity contribution in [3.63, 3.8) is 0 Å². The second kappa shape index (κ2) is 8.28. The van der Waals surface area contributed by atoms with Crippen molar-refractivity contribution < 1.29 is 19.1 Å². The average molecular weight is 328 g/mol. The Morgan fingerprint density at radius 1 is 1.17 bits per heavy atom. The highest BCUT2D eigenvalue weighted by Crippen LogP contribution is 2.28. The highest BCUT2D eigenvalue weighted by Gasteiger charge is 2.15. The molecule has 2 rings (SSSR count). The minimum Gasteiger partial charge on any atom is -0.497 e. The van der Waals surface area contributed by atoms with Crippen molar-refractivity contribution >= 4 is 23.7 Å². The van der Waals surface area contributed by atoms with Gasteiger partial charge in [-0.05, 0) is 18.2 Å². The predicted octanol–water partition coefficient (Wildman–Crippen LogP) is 1.19. The number of carbonyl (C=O) groups excluding carboxylic acids is 2. The number of amides is 2. The van der Waals surface area contributed by atoms with Crippen LogP contribution in [0.3, 0.4) is 0 Å². The van der Waals surface area contributed by atoms with Gasteiger partial charge in [0.2, 0.25) is 0 Å². The topological polar surface area (TPSA) is 102 Å². The molecule has 8 heteroatoms. The number of aromatic nitrogens is 1. The van der Waals surface area contributed by atoms with E-state index in [2.05, 4.69) is 20.8 Å². The summed E-state index contributed by atoms with van der Waals surface area (Å²) in [6, 6.07) is 8.32. The van der Waals surface area contributed by atoms with E-state index in [1.807, 2.05) is 0 Å². The van der Waals surface area contributed by atoms with Gasteiger partial charge in [-0.3, -0.25) is 14.6 Å². The predicted molar refractivity (Wildman–Crippen MR) is 88.1 cm³/mol. The van der Waals surface area contributed by atoms with Crippen LogP contribution in [0.1, 0.15) is 5.56 Å². The molecule has 124 valence electrons. The summed E-state index contributed by atoms with van der Waals surface area (Å²) in [5.74, 6) is -0.887. The summed E-state index contributed by atoms with van der Waals surface area (Å²) in [5, 5.41) is 6.14. The fraction of sp³-hybridized carbons (Fsp3) is 0.125. The molecule has 0 spiro atoms. The molecule has 0 aliphatic rings. The summed E-state index contributed by atoms with van der Waals surface area (Å²) in [6.07, 6.45) is 4.56. The first-order valence-electron chi connectivity index (χ1n) is 6.90. The molecule has 1 heterocycles. The lowest BCUT2D eigenvalue weighted by molar-refractivity contribution is -0.136. The highest BCUT2D eigenvalue weighted by molar-refractivity contribution is 6.39. The smallest absolute Gasteiger partial charge is 0.329 e. The van der Waals surface area contributed by atoms with Gasteiger partial charge < -0.3 is 14.8 Å². The molecular weight excluding hydrogens is 312 g/mol. The van der Waals surface area contributed by atoms with Crippen LogP contribution in [0.25, 0.3) is 0 Å². The van der Waals surface area contributed by atoms with E-state index in [0.717, 1.165) is 0 Å². The fourth-order valence-electron chi connectivity index (χ4n) is 1.76. The molecule has 2 N–H and O–H groups in total. The molecule has 0 saturated carbocycles. The number of anilines is 1. The first-order valence-corrected chi connectivity index (χ1v) is 6.90. The van der Waals surface area contributed by atoms with Crippen molar-refractivity contribution in [1.29, 1.82) is 0 Å². The Morgan fingerprint density at radius 2 is 2.00 bits per heavy atom. The van der Waals surface area contributed by atoms with Gasteiger partial charge in [-0.1, -0.05) is 6.07 Å². The van der Waals surface area contributed by atoms with Gasteiger partial charge in [0.25, 0.3) is 0 Å². The van der Waals surface area contributed by atoms with E-state index in [0.29, 0.717) is 22.7 Å². The molecule has 1 aromatic carbocycles. The largest absolute Gasteiger partial charge is 0.497 e. The standard InChI is InChI=1S/C16H16N4O4/c1-23-12-5-6-14(24-2)13(8-12)19-15(21)16(22)20-18-10-11-4-3-7-17-9-11/h3-10H,1-2H3,(H,19,21)(H,20,22)/b18-10+. The van der Waals surface area contributed by atoms with E-state index in [-0.39, 0.29) is 0 Å². The van der Waals surface area contributed by atoms with Gasteiger partial charge in [-0.2, -0.15) is 5.10 Å². The van der Waals surface area contributed by atoms with Crippen molar-refractivity contribution in [2.45, 2.75) is 0 Å². The lowest BCUT2D eigenvalue weighted by Gasteiger charge is -2.11. The number of methoxy groups -OCH3 is 2. The molecule has 0 fully saturated rings. The molecule has 1 aromatic heterocycles. The number of pyridine rings is 1. The van der Waals surface area contributed by atoms with E-state index >= 15 is 0 Å². The molecule has 0 atom stereocenters. The third-order valence-corrected chi connectivity index (χ3v) is 2.93. The molecule has 24 heavy (non-hydrogen) atoms. The number of nitrogens with zero attached hydrogens (tertiary/aromatic N) is 2. The summed E-state index contributed by atoms with van der Waals surface area (Å²) in [4.78, 5) is 27.6. The van der Waals surface area contributed by atoms with Gasteiger partial charge in [0.05, 0.1) is 26.1 Å². The third-order valence-electron chi connectivity index (χ3n) is 2.93. The fourth-order valence-corrected chi connectivity index (χ4v) is 1.76. The molecule has 0 bridgehead atoms. The minimum absolute atomic E-state index is 0.313. The van der Waals surface area contributed by atoms with Gasteiger partial charge in [0, 0.05) is 24.0 Å². The molecule has 2 amide bonds. The van der Waals surface area contributed by atoms with E-state index in [9.17, 15) is 9.59 Å². The van der Waals surface area contributed by atoms with Gasteiger partial charge in [0.1, 0.15) is 11.5 Å². The zero-order chi connectivity index (χ0) is 17.4. The maximum atomic E-state index is 11.9.